The van der Waals surface area contributed by atoms with E-state index in [1.165, 1.54) is 0 Å². The molecule has 3 nitrogen and oxygen atoms in total. The Labute approximate surface area is 106 Å². The van der Waals surface area contributed by atoms with E-state index in [-0.39, 0.29) is 5.54 Å². The molecule has 92 valence electrons. The monoisotopic (exact) mass is 253 g/mol. The zero-order chi connectivity index (χ0) is 11.9. The van der Waals surface area contributed by atoms with Crippen molar-refractivity contribution in [2.24, 2.45) is 5.73 Å². The topological polar surface area (TPSA) is 44.5 Å². The van der Waals surface area contributed by atoms with Gasteiger partial charge in [0.2, 0.25) is 0 Å². The van der Waals surface area contributed by atoms with Crippen molar-refractivity contribution in [2.45, 2.75) is 31.2 Å². The van der Waals surface area contributed by atoms with Crippen molar-refractivity contribution in [3.8, 4) is 11.5 Å². The average Bonchev–Trinajstić information content (AvgIpc) is 3.06. The maximum absolute atomic E-state index is 6.16. The van der Waals surface area contributed by atoms with Gasteiger partial charge in [0.15, 0.2) is 11.5 Å². The SMILES string of the molecule is NC1(Cc2ccc(Cl)c3c2OCCCO3)CC1. The first-order valence-electron chi connectivity index (χ1n) is 6.04. The van der Waals surface area contributed by atoms with E-state index in [0.29, 0.717) is 24.0 Å². The second-order valence-electron chi connectivity index (χ2n) is 4.95. The largest absolute Gasteiger partial charge is 0.489 e. The minimum Gasteiger partial charge on any atom is -0.489 e. The van der Waals surface area contributed by atoms with E-state index in [4.69, 9.17) is 26.8 Å². The van der Waals surface area contributed by atoms with Crippen LogP contribution in [-0.4, -0.2) is 18.8 Å². The van der Waals surface area contributed by atoms with Gasteiger partial charge in [0, 0.05) is 12.0 Å². The molecule has 0 spiro atoms. The highest BCUT2D eigenvalue weighted by molar-refractivity contribution is 6.32. The average molecular weight is 254 g/mol. The molecule has 0 unspecified atom stereocenters. The van der Waals surface area contributed by atoms with Gasteiger partial charge in [0.1, 0.15) is 0 Å². The number of rotatable bonds is 2. The minimum atomic E-state index is -0.0305. The van der Waals surface area contributed by atoms with Crippen molar-refractivity contribution >= 4 is 11.6 Å². The molecule has 17 heavy (non-hydrogen) atoms. The fourth-order valence-electron chi connectivity index (χ4n) is 2.14. The molecule has 1 aromatic carbocycles. The Morgan fingerprint density at radius 1 is 1.18 bits per heavy atom. The molecular weight excluding hydrogens is 238 g/mol. The van der Waals surface area contributed by atoms with Crippen molar-refractivity contribution in [1.29, 1.82) is 0 Å². The number of halogens is 1. The highest BCUT2D eigenvalue weighted by atomic mass is 35.5. The lowest BCUT2D eigenvalue weighted by Crippen LogP contribution is -2.24. The van der Waals surface area contributed by atoms with Gasteiger partial charge in [-0.25, -0.2) is 0 Å². The zero-order valence-corrected chi connectivity index (χ0v) is 10.4. The molecule has 0 amide bonds. The molecule has 0 radical (unpaired) electrons. The van der Waals surface area contributed by atoms with Crippen molar-refractivity contribution in [1.82, 2.24) is 0 Å². The van der Waals surface area contributed by atoms with E-state index in [1.54, 1.807) is 0 Å². The molecule has 0 saturated heterocycles. The van der Waals surface area contributed by atoms with Crippen molar-refractivity contribution in [2.75, 3.05) is 13.2 Å². The molecule has 0 atom stereocenters. The maximum Gasteiger partial charge on any atom is 0.180 e. The van der Waals surface area contributed by atoms with E-state index in [0.717, 1.165) is 37.0 Å². The lowest BCUT2D eigenvalue weighted by molar-refractivity contribution is 0.296. The number of benzene rings is 1. The number of hydrogen-bond acceptors (Lipinski definition) is 3. The highest BCUT2D eigenvalue weighted by Crippen LogP contribution is 2.44. The summed E-state index contributed by atoms with van der Waals surface area (Å²) < 4.78 is 11.4. The maximum atomic E-state index is 6.16. The standard InChI is InChI=1S/C13H16ClNO2/c14-10-3-2-9(8-13(15)4-5-13)11-12(10)17-7-1-6-16-11/h2-3H,1,4-8,15H2. The van der Waals surface area contributed by atoms with Crippen LogP contribution in [-0.2, 0) is 6.42 Å². The molecule has 1 heterocycles. The summed E-state index contributed by atoms with van der Waals surface area (Å²) in [6, 6.07) is 3.87. The Morgan fingerprint density at radius 2 is 1.88 bits per heavy atom. The van der Waals surface area contributed by atoms with Crippen LogP contribution in [0.4, 0.5) is 0 Å². The number of fused-ring (bicyclic) bond motifs is 1. The summed E-state index contributed by atoms with van der Waals surface area (Å²) in [5.41, 5.74) is 7.25. The summed E-state index contributed by atoms with van der Waals surface area (Å²) in [5, 5.41) is 0.618. The molecule has 1 aliphatic heterocycles. The van der Waals surface area contributed by atoms with Crippen LogP contribution in [0.5, 0.6) is 11.5 Å². The van der Waals surface area contributed by atoms with E-state index in [1.807, 2.05) is 12.1 Å². The molecule has 1 aliphatic carbocycles. The third-order valence-electron chi connectivity index (χ3n) is 3.36. The van der Waals surface area contributed by atoms with E-state index >= 15 is 0 Å². The second kappa shape index (κ2) is 4.07. The predicted octanol–water partition coefficient (Wildman–Crippen LogP) is 2.54. The first kappa shape index (κ1) is 11.2. The Balaban J connectivity index is 1.97. The van der Waals surface area contributed by atoms with Gasteiger partial charge in [-0.15, -0.1) is 0 Å². The van der Waals surface area contributed by atoms with Crippen LogP contribution in [0.1, 0.15) is 24.8 Å². The van der Waals surface area contributed by atoms with Gasteiger partial charge < -0.3 is 15.2 Å². The van der Waals surface area contributed by atoms with Crippen LogP contribution in [0.2, 0.25) is 5.02 Å². The second-order valence-corrected chi connectivity index (χ2v) is 5.36. The van der Waals surface area contributed by atoms with Crippen LogP contribution < -0.4 is 15.2 Å². The van der Waals surface area contributed by atoms with Crippen molar-refractivity contribution < 1.29 is 9.47 Å². The third kappa shape index (κ3) is 2.22. The predicted molar refractivity (Wildman–Crippen MR) is 66.9 cm³/mol. The van der Waals surface area contributed by atoms with Gasteiger partial charge in [-0.3, -0.25) is 0 Å². The molecule has 1 aromatic rings. The van der Waals surface area contributed by atoms with E-state index < -0.39 is 0 Å². The molecular formula is C13H16ClNO2. The summed E-state index contributed by atoms with van der Waals surface area (Å²) in [6.45, 7) is 1.34. The fourth-order valence-corrected chi connectivity index (χ4v) is 2.34. The van der Waals surface area contributed by atoms with Crippen LogP contribution in [0.25, 0.3) is 0 Å². The summed E-state index contributed by atoms with van der Waals surface area (Å²) in [6.07, 6.45) is 3.91. The van der Waals surface area contributed by atoms with Crippen LogP contribution in [0, 0.1) is 0 Å². The van der Waals surface area contributed by atoms with Crippen LogP contribution in [0.3, 0.4) is 0 Å². The highest BCUT2D eigenvalue weighted by Gasteiger charge is 2.39. The normalized spacial score (nSPS) is 20.8. The fraction of sp³-hybridized carbons (Fsp3) is 0.538. The lowest BCUT2D eigenvalue weighted by atomic mass is 10.0. The summed E-state index contributed by atoms with van der Waals surface area (Å²) in [5.74, 6) is 1.48. The molecule has 3 rings (SSSR count). The van der Waals surface area contributed by atoms with E-state index in [9.17, 15) is 0 Å². The Hall–Kier alpha value is -0.930. The van der Waals surface area contributed by atoms with Crippen molar-refractivity contribution in [3.05, 3.63) is 22.7 Å². The molecule has 0 bridgehead atoms. The molecule has 1 fully saturated rings. The quantitative estimate of drug-likeness (QED) is 0.881. The number of ether oxygens (including phenoxy) is 2. The van der Waals surface area contributed by atoms with Crippen molar-refractivity contribution in [3.63, 3.8) is 0 Å². The smallest absolute Gasteiger partial charge is 0.180 e. The van der Waals surface area contributed by atoms with Gasteiger partial charge in [-0.1, -0.05) is 17.7 Å². The van der Waals surface area contributed by atoms with Gasteiger partial charge in [-0.05, 0) is 30.9 Å². The first-order valence-corrected chi connectivity index (χ1v) is 6.42. The molecule has 2 aliphatic rings. The molecule has 4 heteroatoms. The van der Waals surface area contributed by atoms with Crippen LogP contribution >= 0.6 is 11.6 Å². The Bertz CT molecular complexity index is 443. The van der Waals surface area contributed by atoms with Gasteiger partial charge in [0.25, 0.3) is 0 Å². The number of nitrogens with two attached hydrogens (primary N) is 1. The first-order chi connectivity index (χ1) is 8.18. The number of hydrogen-bond donors (Lipinski definition) is 1. The summed E-state index contributed by atoms with van der Waals surface area (Å²) in [4.78, 5) is 0. The third-order valence-corrected chi connectivity index (χ3v) is 3.66. The molecule has 0 aromatic heterocycles. The van der Waals surface area contributed by atoms with Gasteiger partial charge in [-0.2, -0.15) is 0 Å². The zero-order valence-electron chi connectivity index (χ0n) is 9.67. The van der Waals surface area contributed by atoms with Gasteiger partial charge in [0.05, 0.1) is 18.2 Å². The summed E-state index contributed by atoms with van der Waals surface area (Å²) in [7, 11) is 0. The Morgan fingerprint density at radius 3 is 2.59 bits per heavy atom. The Kier molecular flexibility index (Phi) is 2.68. The van der Waals surface area contributed by atoms with Crippen LogP contribution in [0.15, 0.2) is 12.1 Å². The molecule has 2 N–H and O–H groups in total. The summed E-state index contributed by atoms with van der Waals surface area (Å²) >= 11 is 6.14. The van der Waals surface area contributed by atoms with E-state index in [2.05, 4.69) is 0 Å². The minimum absolute atomic E-state index is 0.0305. The molecule has 1 saturated carbocycles. The lowest BCUT2D eigenvalue weighted by Gasteiger charge is -2.16. The van der Waals surface area contributed by atoms with Gasteiger partial charge >= 0.3 is 0 Å².